The Hall–Kier alpha value is -2.97. The minimum absolute atomic E-state index is 0.00417. The number of nitro groups is 1. The Morgan fingerprint density at radius 1 is 1.53 bits per heavy atom. The standard InChI is InChI=1S/C10H9N5O4/c1-5-2-9(19-14-5)13-10(16)6-3-8(11)12-4-7(6)15(17)18/h2-4H,1H3,(H2,11,12)(H,13,16). The van der Waals surface area contributed by atoms with Gasteiger partial charge in [0, 0.05) is 6.07 Å². The number of pyridine rings is 1. The molecule has 1 amide bonds. The van der Waals surface area contributed by atoms with Gasteiger partial charge in [-0.3, -0.25) is 20.2 Å². The van der Waals surface area contributed by atoms with E-state index in [0.29, 0.717) is 5.69 Å². The molecule has 0 saturated carbocycles. The molecule has 19 heavy (non-hydrogen) atoms. The maximum atomic E-state index is 11.9. The van der Waals surface area contributed by atoms with Crippen molar-refractivity contribution in [3.63, 3.8) is 0 Å². The number of aromatic nitrogens is 2. The van der Waals surface area contributed by atoms with E-state index in [0.717, 1.165) is 12.3 Å². The average Bonchev–Trinajstić information content (AvgIpc) is 2.74. The summed E-state index contributed by atoms with van der Waals surface area (Å²) < 4.78 is 4.79. The number of amides is 1. The third-order valence-corrected chi connectivity index (χ3v) is 2.21. The summed E-state index contributed by atoms with van der Waals surface area (Å²) in [5.41, 5.74) is 5.34. The fourth-order valence-electron chi connectivity index (χ4n) is 1.39. The Labute approximate surface area is 106 Å². The Balaban J connectivity index is 2.32. The number of carbonyl (C=O) groups is 1. The molecule has 0 spiro atoms. The summed E-state index contributed by atoms with van der Waals surface area (Å²) in [6, 6.07) is 2.60. The van der Waals surface area contributed by atoms with Crippen LogP contribution in [0, 0.1) is 17.0 Å². The van der Waals surface area contributed by atoms with E-state index in [2.05, 4.69) is 15.5 Å². The van der Waals surface area contributed by atoms with E-state index >= 15 is 0 Å². The van der Waals surface area contributed by atoms with Crippen LogP contribution >= 0.6 is 0 Å². The van der Waals surface area contributed by atoms with Crippen molar-refractivity contribution in [2.45, 2.75) is 6.92 Å². The molecule has 0 aromatic carbocycles. The molecule has 0 radical (unpaired) electrons. The largest absolute Gasteiger partial charge is 0.384 e. The fraction of sp³-hybridized carbons (Fsp3) is 0.100. The normalized spacial score (nSPS) is 10.2. The van der Waals surface area contributed by atoms with Gasteiger partial charge in [0.25, 0.3) is 11.6 Å². The summed E-state index contributed by atoms with van der Waals surface area (Å²) in [5, 5.41) is 16.7. The van der Waals surface area contributed by atoms with E-state index in [1.807, 2.05) is 0 Å². The monoisotopic (exact) mass is 263 g/mol. The highest BCUT2D eigenvalue weighted by atomic mass is 16.6. The van der Waals surface area contributed by atoms with Crippen LogP contribution in [0.3, 0.4) is 0 Å². The van der Waals surface area contributed by atoms with Gasteiger partial charge in [0.05, 0.1) is 10.6 Å². The summed E-state index contributed by atoms with van der Waals surface area (Å²) >= 11 is 0. The van der Waals surface area contributed by atoms with Crippen LogP contribution < -0.4 is 11.1 Å². The molecule has 98 valence electrons. The van der Waals surface area contributed by atoms with Crippen LogP contribution in [0.4, 0.5) is 17.4 Å². The van der Waals surface area contributed by atoms with Crippen LogP contribution in [0.1, 0.15) is 16.1 Å². The number of hydrogen-bond acceptors (Lipinski definition) is 7. The van der Waals surface area contributed by atoms with Crippen molar-refractivity contribution in [2.75, 3.05) is 11.1 Å². The van der Waals surface area contributed by atoms with E-state index in [-0.39, 0.29) is 17.3 Å². The molecule has 9 nitrogen and oxygen atoms in total. The second kappa shape index (κ2) is 4.72. The molecule has 0 fully saturated rings. The summed E-state index contributed by atoms with van der Waals surface area (Å²) in [6.45, 7) is 1.67. The number of nitrogens with two attached hydrogens (primary N) is 1. The first-order valence-corrected chi connectivity index (χ1v) is 5.12. The van der Waals surface area contributed by atoms with Crippen LogP contribution in [-0.2, 0) is 0 Å². The number of nitrogen functional groups attached to an aromatic ring is 1. The van der Waals surface area contributed by atoms with Gasteiger partial charge in [0.1, 0.15) is 17.6 Å². The molecule has 0 unspecified atom stereocenters. The minimum atomic E-state index is -0.725. The maximum absolute atomic E-state index is 11.9. The Morgan fingerprint density at radius 3 is 2.84 bits per heavy atom. The molecule has 2 aromatic heterocycles. The highest BCUT2D eigenvalue weighted by molar-refractivity contribution is 6.06. The van der Waals surface area contributed by atoms with Gasteiger partial charge in [-0.1, -0.05) is 5.16 Å². The third-order valence-electron chi connectivity index (χ3n) is 2.21. The molecule has 3 N–H and O–H groups in total. The van der Waals surface area contributed by atoms with Gasteiger partial charge >= 0.3 is 0 Å². The summed E-state index contributed by atoms with van der Waals surface area (Å²) in [7, 11) is 0. The van der Waals surface area contributed by atoms with Crippen molar-refractivity contribution in [1.82, 2.24) is 10.1 Å². The SMILES string of the molecule is Cc1cc(NC(=O)c2cc(N)ncc2[N+](=O)[O-])on1. The molecule has 0 aliphatic heterocycles. The summed E-state index contributed by atoms with van der Waals surface area (Å²) in [4.78, 5) is 25.6. The van der Waals surface area contributed by atoms with E-state index in [4.69, 9.17) is 10.3 Å². The Kier molecular flexibility index (Phi) is 3.10. The maximum Gasteiger partial charge on any atom is 0.300 e. The molecule has 2 heterocycles. The third kappa shape index (κ3) is 2.65. The molecule has 0 saturated heterocycles. The highest BCUT2D eigenvalue weighted by Gasteiger charge is 2.22. The number of anilines is 2. The first-order chi connectivity index (χ1) is 8.97. The number of rotatable bonds is 3. The quantitative estimate of drug-likeness (QED) is 0.625. The molecule has 0 aliphatic rings. The molecular weight excluding hydrogens is 254 g/mol. The molecule has 2 aromatic rings. The summed E-state index contributed by atoms with van der Waals surface area (Å²) in [5.74, 6) is -0.631. The fourth-order valence-corrected chi connectivity index (χ4v) is 1.39. The summed E-state index contributed by atoms with van der Waals surface area (Å²) in [6.07, 6.45) is 0.926. The van der Waals surface area contributed by atoms with Crippen LogP contribution in [-0.4, -0.2) is 21.0 Å². The molecule has 0 aliphatic carbocycles. The molecule has 0 atom stereocenters. The first kappa shape index (κ1) is 12.5. The van der Waals surface area contributed by atoms with Gasteiger partial charge in [-0.25, -0.2) is 4.98 Å². The lowest BCUT2D eigenvalue weighted by molar-refractivity contribution is -0.385. The van der Waals surface area contributed by atoms with Crippen LogP contribution in [0.15, 0.2) is 22.9 Å². The van der Waals surface area contributed by atoms with E-state index in [1.165, 1.54) is 6.07 Å². The number of nitrogens with zero attached hydrogens (tertiary/aromatic N) is 3. The van der Waals surface area contributed by atoms with Gasteiger partial charge in [-0.15, -0.1) is 0 Å². The number of aryl methyl sites for hydroxylation is 1. The second-order valence-electron chi connectivity index (χ2n) is 3.67. The van der Waals surface area contributed by atoms with Gasteiger partial charge < -0.3 is 10.3 Å². The van der Waals surface area contributed by atoms with Crippen molar-refractivity contribution in [3.8, 4) is 0 Å². The number of nitrogens with one attached hydrogen (secondary N) is 1. The van der Waals surface area contributed by atoms with Crippen molar-refractivity contribution < 1.29 is 14.2 Å². The highest BCUT2D eigenvalue weighted by Crippen LogP contribution is 2.20. The lowest BCUT2D eigenvalue weighted by Gasteiger charge is -2.03. The van der Waals surface area contributed by atoms with Gasteiger partial charge in [0.15, 0.2) is 0 Å². The van der Waals surface area contributed by atoms with Crippen molar-refractivity contribution in [3.05, 3.63) is 39.7 Å². The average molecular weight is 263 g/mol. The minimum Gasteiger partial charge on any atom is -0.384 e. The van der Waals surface area contributed by atoms with Gasteiger partial charge in [-0.2, -0.15) is 0 Å². The Morgan fingerprint density at radius 2 is 2.26 bits per heavy atom. The van der Waals surface area contributed by atoms with Crippen molar-refractivity contribution in [2.24, 2.45) is 0 Å². The first-order valence-electron chi connectivity index (χ1n) is 5.12. The smallest absolute Gasteiger partial charge is 0.300 e. The lowest BCUT2D eigenvalue weighted by Crippen LogP contribution is -2.14. The zero-order chi connectivity index (χ0) is 14.0. The van der Waals surface area contributed by atoms with Gasteiger partial charge in [-0.05, 0) is 13.0 Å². The predicted octanol–water partition coefficient (Wildman–Crippen LogP) is 1.12. The van der Waals surface area contributed by atoms with Crippen LogP contribution in [0.2, 0.25) is 0 Å². The zero-order valence-corrected chi connectivity index (χ0v) is 9.78. The topological polar surface area (TPSA) is 137 Å². The van der Waals surface area contributed by atoms with E-state index in [1.54, 1.807) is 6.92 Å². The molecular formula is C10H9N5O4. The number of carbonyl (C=O) groups excluding carboxylic acids is 1. The van der Waals surface area contributed by atoms with Gasteiger partial charge in [0.2, 0.25) is 5.88 Å². The zero-order valence-electron chi connectivity index (χ0n) is 9.78. The van der Waals surface area contributed by atoms with E-state index in [9.17, 15) is 14.9 Å². The predicted molar refractivity (Wildman–Crippen MR) is 64.5 cm³/mol. The Bertz CT molecular complexity index is 651. The molecule has 2 rings (SSSR count). The lowest BCUT2D eigenvalue weighted by atomic mass is 10.2. The number of hydrogen-bond donors (Lipinski definition) is 2. The van der Waals surface area contributed by atoms with Crippen molar-refractivity contribution in [1.29, 1.82) is 0 Å². The molecule has 9 heteroatoms. The molecule has 0 bridgehead atoms. The van der Waals surface area contributed by atoms with Crippen LogP contribution in [0.25, 0.3) is 0 Å². The van der Waals surface area contributed by atoms with E-state index < -0.39 is 16.5 Å². The second-order valence-corrected chi connectivity index (χ2v) is 3.67. The van der Waals surface area contributed by atoms with Crippen molar-refractivity contribution >= 4 is 23.3 Å². The van der Waals surface area contributed by atoms with Crippen LogP contribution in [0.5, 0.6) is 0 Å².